The third kappa shape index (κ3) is 2.44. The number of esters is 1. The highest BCUT2D eigenvalue weighted by molar-refractivity contribution is 6.28. The number of hydrogen-bond donors (Lipinski definition) is 1. The zero-order valence-corrected chi connectivity index (χ0v) is 12.0. The van der Waals surface area contributed by atoms with Crippen molar-refractivity contribution >= 4 is 23.4 Å². The fourth-order valence-electron chi connectivity index (χ4n) is 3.65. The van der Waals surface area contributed by atoms with Crippen LogP contribution in [0.5, 0.6) is 0 Å². The number of halogens is 1. The van der Waals surface area contributed by atoms with E-state index in [2.05, 4.69) is 20.5 Å². The monoisotopic (exact) mass is 296 g/mol. The number of hydrogen-bond acceptors (Lipinski definition) is 6. The third-order valence-electron chi connectivity index (χ3n) is 4.54. The molecule has 1 aromatic heterocycles. The first kappa shape index (κ1) is 13.5. The Labute approximate surface area is 122 Å². The molecular weight excluding hydrogens is 280 g/mol. The molecule has 1 heterocycles. The van der Waals surface area contributed by atoms with Crippen molar-refractivity contribution in [2.45, 2.75) is 31.7 Å². The van der Waals surface area contributed by atoms with Crippen molar-refractivity contribution in [3.8, 4) is 0 Å². The summed E-state index contributed by atoms with van der Waals surface area (Å²) in [7, 11) is 1.45. The Kier molecular flexibility index (Phi) is 3.74. The summed E-state index contributed by atoms with van der Waals surface area (Å²) in [5.74, 6) is 1.19. The number of aromatic nitrogens is 3. The quantitative estimate of drug-likeness (QED) is 0.859. The van der Waals surface area contributed by atoms with Gasteiger partial charge in [0.25, 0.3) is 0 Å². The minimum absolute atomic E-state index is 0.0442. The highest BCUT2D eigenvalue weighted by Crippen LogP contribution is 2.46. The number of nitrogens with one attached hydrogen (secondary N) is 1. The maximum absolute atomic E-state index is 12.1. The van der Waals surface area contributed by atoms with Crippen LogP contribution in [0.3, 0.4) is 0 Å². The van der Waals surface area contributed by atoms with Gasteiger partial charge in [0.2, 0.25) is 5.28 Å². The van der Waals surface area contributed by atoms with Crippen molar-refractivity contribution in [1.29, 1.82) is 0 Å². The number of fused-ring (bicyclic) bond motifs is 3. The van der Waals surface area contributed by atoms with Crippen LogP contribution in [0, 0.1) is 17.8 Å². The molecule has 3 saturated carbocycles. The van der Waals surface area contributed by atoms with E-state index < -0.39 is 0 Å². The van der Waals surface area contributed by atoms with E-state index in [1.165, 1.54) is 13.3 Å². The average molecular weight is 297 g/mol. The summed E-state index contributed by atoms with van der Waals surface area (Å²) in [5, 5.41) is 10.8. The van der Waals surface area contributed by atoms with Gasteiger partial charge in [0.05, 0.1) is 19.2 Å². The van der Waals surface area contributed by atoms with Crippen LogP contribution in [-0.4, -0.2) is 34.3 Å². The number of ether oxygens (including phenoxy) is 1. The van der Waals surface area contributed by atoms with Gasteiger partial charge in [-0.3, -0.25) is 4.79 Å². The lowest BCUT2D eigenvalue weighted by Crippen LogP contribution is -2.51. The van der Waals surface area contributed by atoms with Gasteiger partial charge in [-0.15, -0.1) is 5.10 Å². The Morgan fingerprint density at radius 1 is 1.35 bits per heavy atom. The summed E-state index contributed by atoms with van der Waals surface area (Å²) in [5.41, 5.74) is 0. The largest absolute Gasteiger partial charge is 0.469 e. The molecule has 0 aliphatic heterocycles. The lowest BCUT2D eigenvalue weighted by molar-refractivity contribution is -0.152. The fourth-order valence-corrected chi connectivity index (χ4v) is 3.79. The molecule has 2 atom stereocenters. The van der Waals surface area contributed by atoms with Gasteiger partial charge in [-0.25, -0.2) is 0 Å². The molecular formula is C13H17ClN4O2. The van der Waals surface area contributed by atoms with Crippen molar-refractivity contribution in [1.82, 2.24) is 15.2 Å². The molecule has 0 radical (unpaired) electrons. The minimum Gasteiger partial charge on any atom is -0.469 e. The topological polar surface area (TPSA) is 77.0 Å². The average Bonchev–Trinajstić information content (AvgIpc) is 2.47. The molecule has 2 bridgehead atoms. The Bertz CT molecular complexity index is 505. The molecule has 20 heavy (non-hydrogen) atoms. The fraction of sp³-hybridized carbons (Fsp3) is 0.692. The summed E-state index contributed by atoms with van der Waals surface area (Å²) < 4.78 is 4.98. The van der Waals surface area contributed by atoms with E-state index in [0.717, 1.165) is 25.7 Å². The van der Waals surface area contributed by atoms with Gasteiger partial charge in [-0.1, -0.05) is 0 Å². The summed E-state index contributed by atoms with van der Waals surface area (Å²) in [6, 6.07) is 0.0442. The van der Waals surface area contributed by atoms with Gasteiger partial charge in [-0.05, 0) is 49.1 Å². The second-order valence-electron chi connectivity index (χ2n) is 5.50. The van der Waals surface area contributed by atoms with Crippen LogP contribution in [0.2, 0.25) is 5.28 Å². The maximum atomic E-state index is 12.1. The Morgan fingerprint density at radius 3 is 2.70 bits per heavy atom. The van der Waals surface area contributed by atoms with Gasteiger partial charge in [0.1, 0.15) is 5.82 Å². The molecule has 1 N–H and O–H groups in total. The zero-order valence-electron chi connectivity index (χ0n) is 11.3. The molecule has 0 amide bonds. The van der Waals surface area contributed by atoms with Gasteiger partial charge < -0.3 is 10.1 Å². The lowest BCUT2D eigenvalue weighted by atomic mass is 9.61. The standard InChI is InChI=1S/C13H17ClN4O2/c1-20-12(19)10-7-2-4-8(5-3-7)11(10)16-9-6-15-18-13(14)17-9/h6-8,10-11H,2-5H2,1H3,(H,16,17,18)/t7?,8?,10-,11-/m1/s1. The van der Waals surface area contributed by atoms with Crippen molar-refractivity contribution in [3.63, 3.8) is 0 Å². The second-order valence-corrected chi connectivity index (χ2v) is 5.84. The molecule has 1 aromatic rings. The van der Waals surface area contributed by atoms with Crippen LogP contribution in [0.15, 0.2) is 6.20 Å². The van der Waals surface area contributed by atoms with Crippen LogP contribution >= 0.6 is 11.6 Å². The van der Waals surface area contributed by atoms with Crippen molar-refractivity contribution in [2.24, 2.45) is 17.8 Å². The summed E-state index contributed by atoms with van der Waals surface area (Å²) in [6.07, 6.45) is 6.02. The molecule has 0 spiro atoms. The van der Waals surface area contributed by atoms with Crippen LogP contribution in [0.1, 0.15) is 25.7 Å². The summed E-state index contributed by atoms with van der Waals surface area (Å²) >= 11 is 5.75. The van der Waals surface area contributed by atoms with Crippen LogP contribution in [0.25, 0.3) is 0 Å². The van der Waals surface area contributed by atoms with Crippen molar-refractivity contribution in [2.75, 3.05) is 12.4 Å². The number of carbonyl (C=O) groups excluding carboxylic acids is 1. The first-order valence-corrected chi connectivity index (χ1v) is 7.26. The van der Waals surface area contributed by atoms with E-state index in [0.29, 0.717) is 17.7 Å². The molecule has 3 aliphatic carbocycles. The number of nitrogens with zero attached hydrogens (tertiary/aromatic N) is 3. The van der Waals surface area contributed by atoms with Gasteiger partial charge in [-0.2, -0.15) is 10.1 Å². The normalized spacial score (nSPS) is 31.9. The Balaban J connectivity index is 1.83. The summed E-state index contributed by atoms with van der Waals surface area (Å²) in [6.45, 7) is 0. The molecule has 3 aliphatic rings. The number of anilines is 1. The SMILES string of the molecule is COC(=O)[C@@H]1C2CCC(CC2)[C@H]1Nc1cnnc(Cl)n1. The number of carbonyl (C=O) groups is 1. The predicted molar refractivity (Wildman–Crippen MR) is 73.2 cm³/mol. The van der Waals surface area contributed by atoms with E-state index in [9.17, 15) is 4.79 Å². The van der Waals surface area contributed by atoms with E-state index in [1.807, 2.05) is 0 Å². The van der Waals surface area contributed by atoms with Gasteiger partial charge in [0.15, 0.2) is 0 Å². The maximum Gasteiger partial charge on any atom is 0.311 e. The summed E-state index contributed by atoms with van der Waals surface area (Å²) in [4.78, 5) is 16.2. The Morgan fingerprint density at radius 2 is 2.05 bits per heavy atom. The smallest absolute Gasteiger partial charge is 0.311 e. The van der Waals surface area contributed by atoms with Gasteiger partial charge >= 0.3 is 5.97 Å². The second kappa shape index (κ2) is 5.52. The molecule has 108 valence electrons. The first-order chi connectivity index (χ1) is 9.69. The minimum atomic E-state index is -0.134. The molecule has 4 rings (SSSR count). The van der Waals surface area contributed by atoms with Crippen LogP contribution in [0.4, 0.5) is 5.82 Å². The van der Waals surface area contributed by atoms with Gasteiger partial charge in [0, 0.05) is 6.04 Å². The number of rotatable bonds is 3. The van der Waals surface area contributed by atoms with E-state index >= 15 is 0 Å². The molecule has 0 unspecified atom stereocenters. The predicted octanol–water partition coefficient (Wildman–Crippen LogP) is 1.91. The first-order valence-electron chi connectivity index (χ1n) is 6.88. The lowest BCUT2D eigenvalue weighted by Gasteiger charge is -2.47. The molecule has 3 fully saturated rings. The van der Waals surface area contributed by atoms with E-state index in [1.54, 1.807) is 0 Å². The highest BCUT2D eigenvalue weighted by Gasteiger charge is 2.47. The molecule has 6 nitrogen and oxygen atoms in total. The third-order valence-corrected chi connectivity index (χ3v) is 4.70. The van der Waals surface area contributed by atoms with Crippen molar-refractivity contribution < 1.29 is 9.53 Å². The van der Waals surface area contributed by atoms with Crippen molar-refractivity contribution in [3.05, 3.63) is 11.5 Å². The van der Waals surface area contributed by atoms with E-state index in [4.69, 9.17) is 16.3 Å². The Hall–Kier alpha value is -1.43. The van der Waals surface area contributed by atoms with Crippen LogP contribution < -0.4 is 5.32 Å². The molecule has 7 heteroatoms. The van der Waals surface area contributed by atoms with E-state index in [-0.39, 0.29) is 23.2 Å². The zero-order chi connectivity index (χ0) is 14.1. The van der Waals surface area contributed by atoms with Crippen LogP contribution in [-0.2, 0) is 9.53 Å². The highest BCUT2D eigenvalue weighted by atomic mass is 35.5. The molecule has 0 aromatic carbocycles. The molecule has 0 saturated heterocycles. The number of methoxy groups -OCH3 is 1.